The van der Waals surface area contributed by atoms with Gasteiger partial charge in [-0.1, -0.05) is 13.0 Å². The lowest BCUT2D eigenvalue weighted by atomic mass is 10.3. The molecule has 2 rings (SSSR count). The maximum Gasteiger partial charge on any atom is 0.298 e. The standard InChI is InChI=1S/C12H17N3O2/c1-2-6-15(7-8-16)12-14-11-9(13)4-3-5-10(11)17-12/h3-5,16H,2,6-8,13H2,1H3. The van der Waals surface area contributed by atoms with Crippen molar-refractivity contribution in [3.8, 4) is 0 Å². The summed E-state index contributed by atoms with van der Waals surface area (Å²) in [5, 5.41) is 9.02. The second-order valence-electron chi connectivity index (χ2n) is 3.90. The lowest BCUT2D eigenvalue weighted by Crippen LogP contribution is -2.27. The normalized spacial score (nSPS) is 10.9. The fourth-order valence-electron chi connectivity index (χ4n) is 1.79. The van der Waals surface area contributed by atoms with E-state index in [0.29, 0.717) is 29.3 Å². The van der Waals surface area contributed by atoms with Crippen molar-refractivity contribution in [3.63, 3.8) is 0 Å². The Morgan fingerprint density at radius 2 is 2.24 bits per heavy atom. The van der Waals surface area contributed by atoms with Gasteiger partial charge in [-0.05, 0) is 18.6 Å². The molecule has 0 fully saturated rings. The number of aliphatic hydroxyl groups is 1. The molecule has 0 saturated heterocycles. The highest BCUT2D eigenvalue weighted by molar-refractivity contribution is 5.86. The number of para-hydroxylation sites is 1. The Balaban J connectivity index is 2.36. The number of aromatic nitrogens is 1. The summed E-state index contributed by atoms with van der Waals surface area (Å²) in [4.78, 5) is 6.29. The van der Waals surface area contributed by atoms with E-state index in [1.807, 2.05) is 17.0 Å². The molecule has 0 bridgehead atoms. The molecule has 1 aromatic carbocycles. The zero-order chi connectivity index (χ0) is 12.3. The average Bonchev–Trinajstić information content (AvgIpc) is 2.74. The van der Waals surface area contributed by atoms with Crippen molar-refractivity contribution in [1.82, 2.24) is 4.98 Å². The summed E-state index contributed by atoms with van der Waals surface area (Å²) in [7, 11) is 0. The molecule has 0 atom stereocenters. The second-order valence-corrected chi connectivity index (χ2v) is 3.90. The maximum atomic E-state index is 9.02. The van der Waals surface area contributed by atoms with Crippen LogP contribution in [0, 0.1) is 0 Å². The fraction of sp³-hybridized carbons (Fsp3) is 0.417. The van der Waals surface area contributed by atoms with Gasteiger partial charge in [0.25, 0.3) is 6.01 Å². The summed E-state index contributed by atoms with van der Waals surface area (Å²) in [6, 6.07) is 5.99. The molecular weight excluding hydrogens is 218 g/mol. The molecule has 0 spiro atoms. The highest BCUT2D eigenvalue weighted by Crippen LogP contribution is 2.25. The molecule has 3 N–H and O–H groups in total. The monoisotopic (exact) mass is 235 g/mol. The second kappa shape index (κ2) is 5.05. The molecular formula is C12H17N3O2. The minimum Gasteiger partial charge on any atom is -0.423 e. The first-order valence-electron chi connectivity index (χ1n) is 5.77. The van der Waals surface area contributed by atoms with E-state index in [1.54, 1.807) is 6.07 Å². The molecule has 0 unspecified atom stereocenters. The van der Waals surface area contributed by atoms with E-state index in [1.165, 1.54) is 0 Å². The first kappa shape index (κ1) is 11.7. The molecule has 0 aliphatic heterocycles. The number of rotatable bonds is 5. The molecule has 92 valence electrons. The molecule has 1 aromatic heterocycles. The molecule has 5 nitrogen and oxygen atoms in total. The van der Waals surface area contributed by atoms with E-state index >= 15 is 0 Å². The molecule has 0 radical (unpaired) electrons. The van der Waals surface area contributed by atoms with Gasteiger partial charge in [0, 0.05) is 13.1 Å². The number of nitrogens with zero attached hydrogens (tertiary/aromatic N) is 2. The topological polar surface area (TPSA) is 75.5 Å². The van der Waals surface area contributed by atoms with Crippen LogP contribution in [-0.2, 0) is 0 Å². The minimum absolute atomic E-state index is 0.0776. The van der Waals surface area contributed by atoms with Gasteiger partial charge in [-0.15, -0.1) is 0 Å². The van der Waals surface area contributed by atoms with Crippen LogP contribution in [-0.4, -0.2) is 29.8 Å². The number of fused-ring (bicyclic) bond motifs is 1. The smallest absolute Gasteiger partial charge is 0.298 e. The van der Waals surface area contributed by atoms with Gasteiger partial charge in [-0.25, -0.2) is 0 Å². The van der Waals surface area contributed by atoms with Crippen molar-refractivity contribution in [1.29, 1.82) is 0 Å². The van der Waals surface area contributed by atoms with Crippen molar-refractivity contribution < 1.29 is 9.52 Å². The maximum absolute atomic E-state index is 9.02. The van der Waals surface area contributed by atoms with Crippen molar-refractivity contribution in [2.75, 3.05) is 30.3 Å². The molecule has 1 heterocycles. The van der Waals surface area contributed by atoms with Crippen molar-refractivity contribution in [3.05, 3.63) is 18.2 Å². The fourth-order valence-corrected chi connectivity index (χ4v) is 1.79. The number of nitrogens with two attached hydrogens (primary N) is 1. The summed E-state index contributed by atoms with van der Waals surface area (Å²) in [5.74, 6) is 0. The summed E-state index contributed by atoms with van der Waals surface area (Å²) < 4.78 is 5.64. The van der Waals surface area contributed by atoms with E-state index in [2.05, 4.69) is 11.9 Å². The summed E-state index contributed by atoms with van der Waals surface area (Å²) in [5.41, 5.74) is 7.80. The van der Waals surface area contributed by atoms with Gasteiger partial charge >= 0.3 is 0 Å². The first-order chi connectivity index (χ1) is 8.26. The highest BCUT2D eigenvalue weighted by atomic mass is 16.4. The molecule has 0 aliphatic rings. The summed E-state index contributed by atoms with van der Waals surface area (Å²) >= 11 is 0. The van der Waals surface area contributed by atoms with Crippen LogP contribution in [0.5, 0.6) is 0 Å². The number of benzene rings is 1. The number of aliphatic hydroxyl groups excluding tert-OH is 1. The van der Waals surface area contributed by atoms with Gasteiger partial charge in [0.1, 0.15) is 5.52 Å². The Hall–Kier alpha value is -1.75. The number of hydrogen-bond acceptors (Lipinski definition) is 5. The van der Waals surface area contributed by atoms with Gasteiger partial charge in [0.05, 0.1) is 12.3 Å². The van der Waals surface area contributed by atoms with Crippen molar-refractivity contribution >= 4 is 22.8 Å². The highest BCUT2D eigenvalue weighted by Gasteiger charge is 2.13. The van der Waals surface area contributed by atoms with E-state index in [4.69, 9.17) is 15.3 Å². The zero-order valence-corrected chi connectivity index (χ0v) is 9.89. The van der Waals surface area contributed by atoms with Crippen LogP contribution in [0.1, 0.15) is 13.3 Å². The van der Waals surface area contributed by atoms with Gasteiger partial charge in [0.15, 0.2) is 5.58 Å². The van der Waals surface area contributed by atoms with E-state index in [-0.39, 0.29) is 6.61 Å². The largest absolute Gasteiger partial charge is 0.423 e. The average molecular weight is 235 g/mol. The molecule has 2 aromatic rings. The Labute approximate surface area is 99.8 Å². The van der Waals surface area contributed by atoms with E-state index in [0.717, 1.165) is 13.0 Å². The lowest BCUT2D eigenvalue weighted by molar-refractivity contribution is 0.299. The summed E-state index contributed by atoms with van der Waals surface area (Å²) in [6.45, 7) is 3.46. The first-order valence-corrected chi connectivity index (χ1v) is 5.77. The van der Waals surface area contributed by atoms with Gasteiger partial charge in [-0.2, -0.15) is 4.98 Å². The molecule has 0 aliphatic carbocycles. The van der Waals surface area contributed by atoms with Gasteiger partial charge in [-0.3, -0.25) is 0 Å². The third-order valence-electron chi connectivity index (χ3n) is 2.57. The Bertz CT molecular complexity index is 489. The van der Waals surface area contributed by atoms with Crippen LogP contribution in [0.4, 0.5) is 11.7 Å². The predicted octanol–water partition coefficient (Wildman–Crippen LogP) is 1.62. The zero-order valence-electron chi connectivity index (χ0n) is 9.89. The third-order valence-corrected chi connectivity index (χ3v) is 2.57. The quantitative estimate of drug-likeness (QED) is 0.770. The van der Waals surface area contributed by atoms with Crippen LogP contribution >= 0.6 is 0 Å². The summed E-state index contributed by atoms with van der Waals surface area (Å²) in [6.07, 6.45) is 0.966. The minimum atomic E-state index is 0.0776. The third kappa shape index (κ3) is 2.34. The van der Waals surface area contributed by atoms with Crippen LogP contribution in [0.25, 0.3) is 11.1 Å². The number of anilines is 2. The molecule has 17 heavy (non-hydrogen) atoms. The Morgan fingerprint density at radius 3 is 2.88 bits per heavy atom. The molecule has 0 saturated carbocycles. The van der Waals surface area contributed by atoms with Crippen LogP contribution in [0.2, 0.25) is 0 Å². The predicted molar refractivity (Wildman–Crippen MR) is 68.0 cm³/mol. The number of hydrogen-bond donors (Lipinski definition) is 2. The van der Waals surface area contributed by atoms with Crippen molar-refractivity contribution in [2.45, 2.75) is 13.3 Å². The van der Waals surface area contributed by atoms with Gasteiger partial charge in [0.2, 0.25) is 0 Å². The number of oxazole rings is 1. The van der Waals surface area contributed by atoms with E-state index < -0.39 is 0 Å². The Morgan fingerprint density at radius 1 is 1.41 bits per heavy atom. The lowest BCUT2D eigenvalue weighted by Gasteiger charge is -2.17. The molecule has 0 amide bonds. The number of nitrogen functional groups attached to an aromatic ring is 1. The Kier molecular flexibility index (Phi) is 3.49. The SMILES string of the molecule is CCCN(CCO)c1nc2c(N)cccc2o1. The van der Waals surface area contributed by atoms with Gasteiger partial charge < -0.3 is 20.2 Å². The van der Waals surface area contributed by atoms with E-state index in [9.17, 15) is 0 Å². The van der Waals surface area contributed by atoms with Crippen LogP contribution < -0.4 is 10.6 Å². The van der Waals surface area contributed by atoms with Crippen LogP contribution in [0.15, 0.2) is 22.6 Å². The molecule has 5 heteroatoms. The van der Waals surface area contributed by atoms with Crippen LogP contribution in [0.3, 0.4) is 0 Å². The van der Waals surface area contributed by atoms with Crippen molar-refractivity contribution in [2.24, 2.45) is 0 Å².